The summed E-state index contributed by atoms with van der Waals surface area (Å²) in [5.41, 5.74) is 1.47. The third kappa shape index (κ3) is 3.94. The number of nitrogens with one attached hydrogen (secondary N) is 1. The SMILES string of the molecule is CC(C)CN1CCN(C(=O)c2cccc(-c3ccc[nH]c3=O)c2)[C@@H](C)C1=O. The molecule has 1 aromatic heterocycles. The number of amides is 2. The van der Waals surface area contributed by atoms with Crippen molar-refractivity contribution in [2.75, 3.05) is 19.6 Å². The number of pyridine rings is 1. The third-order valence-electron chi connectivity index (χ3n) is 4.83. The van der Waals surface area contributed by atoms with E-state index in [0.29, 0.717) is 42.2 Å². The van der Waals surface area contributed by atoms with Crippen LogP contribution in [0.25, 0.3) is 11.1 Å². The van der Waals surface area contributed by atoms with Crippen LogP contribution in [0.2, 0.25) is 0 Å². The van der Waals surface area contributed by atoms with E-state index in [0.717, 1.165) is 0 Å². The van der Waals surface area contributed by atoms with E-state index in [4.69, 9.17) is 0 Å². The van der Waals surface area contributed by atoms with Crippen LogP contribution in [-0.2, 0) is 4.79 Å². The third-order valence-corrected chi connectivity index (χ3v) is 4.83. The van der Waals surface area contributed by atoms with Crippen LogP contribution in [0.4, 0.5) is 0 Å². The van der Waals surface area contributed by atoms with Crippen LogP contribution in [0.5, 0.6) is 0 Å². The van der Waals surface area contributed by atoms with Gasteiger partial charge in [-0.3, -0.25) is 14.4 Å². The van der Waals surface area contributed by atoms with Gasteiger partial charge in [0.05, 0.1) is 0 Å². The largest absolute Gasteiger partial charge is 0.339 e. The summed E-state index contributed by atoms with van der Waals surface area (Å²) in [7, 11) is 0. The molecule has 0 bridgehead atoms. The zero-order chi connectivity index (χ0) is 19.6. The van der Waals surface area contributed by atoms with Gasteiger partial charge < -0.3 is 14.8 Å². The Hall–Kier alpha value is -2.89. The average Bonchev–Trinajstić information content (AvgIpc) is 2.65. The van der Waals surface area contributed by atoms with Crippen molar-refractivity contribution in [3.8, 4) is 11.1 Å². The molecule has 1 saturated heterocycles. The molecule has 0 unspecified atom stereocenters. The van der Waals surface area contributed by atoms with Crippen LogP contribution in [0.15, 0.2) is 47.4 Å². The number of aromatic nitrogens is 1. The van der Waals surface area contributed by atoms with Crippen LogP contribution in [0.1, 0.15) is 31.1 Å². The van der Waals surface area contributed by atoms with Gasteiger partial charge in [0.15, 0.2) is 0 Å². The van der Waals surface area contributed by atoms with Gasteiger partial charge in [0.2, 0.25) is 5.91 Å². The molecule has 1 aliphatic rings. The fourth-order valence-electron chi connectivity index (χ4n) is 3.46. The summed E-state index contributed by atoms with van der Waals surface area (Å²) in [5.74, 6) is 0.192. The molecule has 2 aromatic rings. The Balaban J connectivity index is 1.83. The molecule has 2 heterocycles. The highest BCUT2D eigenvalue weighted by molar-refractivity contribution is 5.99. The lowest BCUT2D eigenvalue weighted by molar-refractivity contribution is -0.140. The van der Waals surface area contributed by atoms with Gasteiger partial charge >= 0.3 is 0 Å². The van der Waals surface area contributed by atoms with Crippen molar-refractivity contribution in [3.05, 3.63) is 58.5 Å². The predicted octanol–water partition coefficient (Wildman–Crippen LogP) is 2.37. The van der Waals surface area contributed by atoms with Crippen LogP contribution in [0.3, 0.4) is 0 Å². The van der Waals surface area contributed by atoms with Gasteiger partial charge in [-0.25, -0.2) is 0 Å². The first-order valence-electron chi connectivity index (χ1n) is 9.26. The van der Waals surface area contributed by atoms with Crippen LogP contribution >= 0.6 is 0 Å². The lowest BCUT2D eigenvalue weighted by Gasteiger charge is -2.39. The second-order valence-corrected chi connectivity index (χ2v) is 7.35. The molecule has 1 atom stereocenters. The Morgan fingerprint density at radius 3 is 2.67 bits per heavy atom. The zero-order valence-electron chi connectivity index (χ0n) is 15.9. The molecule has 2 amide bonds. The van der Waals surface area contributed by atoms with Crippen molar-refractivity contribution in [1.82, 2.24) is 14.8 Å². The summed E-state index contributed by atoms with van der Waals surface area (Å²) in [6.07, 6.45) is 1.57. The summed E-state index contributed by atoms with van der Waals surface area (Å²) in [6.45, 7) is 7.69. The molecule has 142 valence electrons. The van der Waals surface area contributed by atoms with Crippen LogP contribution in [0, 0.1) is 5.92 Å². The van der Waals surface area contributed by atoms with Crippen molar-refractivity contribution in [2.24, 2.45) is 5.92 Å². The molecule has 6 heteroatoms. The number of aromatic amines is 1. The Kier molecular flexibility index (Phi) is 5.44. The minimum Gasteiger partial charge on any atom is -0.339 e. The normalized spacial score (nSPS) is 17.5. The number of rotatable bonds is 4. The maximum atomic E-state index is 13.0. The minimum absolute atomic E-state index is 0.0149. The van der Waals surface area contributed by atoms with E-state index in [1.165, 1.54) is 0 Å². The number of nitrogens with zero attached hydrogens (tertiary/aromatic N) is 2. The monoisotopic (exact) mass is 367 g/mol. The summed E-state index contributed by atoms with van der Waals surface area (Å²) in [6, 6.07) is 9.98. The lowest BCUT2D eigenvalue weighted by Crippen LogP contribution is -2.58. The summed E-state index contributed by atoms with van der Waals surface area (Å²) in [4.78, 5) is 43.8. The Bertz CT molecular complexity index is 903. The number of piperazine rings is 1. The van der Waals surface area contributed by atoms with Gasteiger partial charge in [-0.2, -0.15) is 0 Å². The Labute approximate surface area is 158 Å². The molecular weight excluding hydrogens is 342 g/mol. The first-order valence-corrected chi connectivity index (χ1v) is 9.26. The minimum atomic E-state index is -0.492. The van der Waals surface area contributed by atoms with Crippen LogP contribution < -0.4 is 5.56 Å². The molecule has 0 radical (unpaired) electrons. The predicted molar refractivity (Wildman–Crippen MR) is 104 cm³/mol. The smallest absolute Gasteiger partial charge is 0.255 e. The highest BCUT2D eigenvalue weighted by Gasteiger charge is 2.34. The van der Waals surface area contributed by atoms with E-state index in [1.54, 1.807) is 54.4 Å². The van der Waals surface area contributed by atoms with E-state index in [1.807, 2.05) is 4.90 Å². The quantitative estimate of drug-likeness (QED) is 0.902. The Morgan fingerprint density at radius 1 is 1.19 bits per heavy atom. The topological polar surface area (TPSA) is 73.5 Å². The fourth-order valence-corrected chi connectivity index (χ4v) is 3.46. The number of hydrogen-bond donors (Lipinski definition) is 1. The lowest BCUT2D eigenvalue weighted by atomic mass is 10.0. The van der Waals surface area contributed by atoms with Gasteiger partial charge in [-0.15, -0.1) is 0 Å². The molecule has 1 N–H and O–H groups in total. The van der Waals surface area contributed by atoms with Gasteiger partial charge in [0.25, 0.3) is 11.5 Å². The zero-order valence-corrected chi connectivity index (χ0v) is 15.9. The van der Waals surface area contributed by atoms with Crippen LogP contribution in [-0.4, -0.2) is 52.3 Å². The summed E-state index contributed by atoms with van der Waals surface area (Å²) < 4.78 is 0. The van der Waals surface area contributed by atoms with E-state index in [9.17, 15) is 14.4 Å². The second-order valence-electron chi connectivity index (χ2n) is 7.35. The van der Waals surface area contributed by atoms with Crippen molar-refractivity contribution in [3.63, 3.8) is 0 Å². The number of carbonyl (C=O) groups excluding carboxylic acids is 2. The molecule has 1 fully saturated rings. The number of benzene rings is 1. The molecule has 1 aliphatic heterocycles. The molecule has 1 aromatic carbocycles. The summed E-state index contributed by atoms with van der Waals surface area (Å²) >= 11 is 0. The number of H-pyrrole nitrogens is 1. The van der Waals surface area contributed by atoms with Gasteiger partial charge in [0.1, 0.15) is 6.04 Å². The van der Waals surface area contributed by atoms with Crippen molar-refractivity contribution >= 4 is 11.8 Å². The maximum Gasteiger partial charge on any atom is 0.255 e. The van der Waals surface area contributed by atoms with Crippen molar-refractivity contribution in [2.45, 2.75) is 26.8 Å². The number of carbonyl (C=O) groups is 2. The average molecular weight is 367 g/mol. The molecule has 0 saturated carbocycles. The first-order chi connectivity index (χ1) is 12.9. The standard InChI is InChI=1S/C21H25N3O3/c1-14(2)13-23-10-11-24(15(3)20(23)26)21(27)17-7-4-6-16(12-17)18-8-5-9-22-19(18)25/h4-9,12,14-15H,10-11,13H2,1-3H3,(H,22,25)/t15-/m0/s1. The number of hydrogen-bond acceptors (Lipinski definition) is 3. The van der Waals surface area contributed by atoms with Gasteiger partial charge in [-0.05, 0) is 42.7 Å². The first kappa shape index (κ1) is 18.9. The molecule has 6 nitrogen and oxygen atoms in total. The maximum absolute atomic E-state index is 13.0. The van der Waals surface area contributed by atoms with Gasteiger partial charge in [0, 0.05) is 37.0 Å². The molecule has 0 spiro atoms. The molecule has 27 heavy (non-hydrogen) atoms. The molecule has 0 aliphatic carbocycles. The van der Waals surface area contributed by atoms with Gasteiger partial charge in [-0.1, -0.05) is 26.0 Å². The molecule has 3 rings (SSSR count). The van der Waals surface area contributed by atoms with Crippen molar-refractivity contribution in [1.29, 1.82) is 0 Å². The van der Waals surface area contributed by atoms with E-state index in [-0.39, 0.29) is 17.4 Å². The van der Waals surface area contributed by atoms with E-state index < -0.39 is 6.04 Å². The fraction of sp³-hybridized carbons (Fsp3) is 0.381. The second kappa shape index (κ2) is 7.78. The van der Waals surface area contributed by atoms with Crippen molar-refractivity contribution < 1.29 is 9.59 Å². The molecular formula is C21H25N3O3. The highest BCUT2D eigenvalue weighted by Crippen LogP contribution is 2.20. The van der Waals surface area contributed by atoms with E-state index >= 15 is 0 Å². The highest BCUT2D eigenvalue weighted by atomic mass is 16.2. The van der Waals surface area contributed by atoms with E-state index in [2.05, 4.69) is 18.8 Å². The Morgan fingerprint density at radius 2 is 1.96 bits per heavy atom. The summed E-state index contributed by atoms with van der Waals surface area (Å²) in [5, 5.41) is 0.